The van der Waals surface area contributed by atoms with Crippen molar-refractivity contribution in [3.05, 3.63) is 69.4 Å². The zero-order valence-corrected chi connectivity index (χ0v) is 10.4. The number of carbonyl (C=O) groups is 1. The lowest BCUT2D eigenvalue weighted by Gasteiger charge is -2.05. The van der Waals surface area contributed by atoms with Crippen molar-refractivity contribution < 1.29 is 9.18 Å². The zero-order valence-electron chi connectivity index (χ0n) is 10.4. The third-order valence-electron chi connectivity index (χ3n) is 2.64. The maximum atomic E-state index is 13.0. The minimum Gasteiger partial charge on any atom is -0.364 e. The Hall–Kier alpha value is -2.43. The Bertz CT molecular complexity index is 664. The van der Waals surface area contributed by atoms with Crippen LogP contribution in [0.25, 0.3) is 0 Å². The van der Waals surface area contributed by atoms with Crippen molar-refractivity contribution in [1.29, 1.82) is 0 Å². The molecule has 0 fully saturated rings. The molecule has 0 saturated carbocycles. The van der Waals surface area contributed by atoms with E-state index >= 15 is 0 Å². The smallest absolute Gasteiger partial charge is 0.257 e. The number of pyridine rings is 1. The van der Waals surface area contributed by atoms with Gasteiger partial charge in [-0.1, -0.05) is 12.1 Å². The normalized spacial score (nSPS) is 10.2. The average molecular weight is 260 g/mol. The van der Waals surface area contributed by atoms with Gasteiger partial charge in [-0.05, 0) is 24.6 Å². The van der Waals surface area contributed by atoms with Crippen LogP contribution in [0.2, 0.25) is 0 Å². The molecule has 1 aromatic carbocycles. The summed E-state index contributed by atoms with van der Waals surface area (Å²) in [5.74, 6) is -0.842. The van der Waals surface area contributed by atoms with Crippen molar-refractivity contribution in [3.63, 3.8) is 0 Å². The third-order valence-corrected chi connectivity index (χ3v) is 2.64. The van der Waals surface area contributed by atoms with Gasteiger partial charge >= 0.3 is 0 Å². The van der Waals surface area contributed by atoms with E-state index in [0.29, 0.717) is 11.3 Å². The van der Waals surface area contributed by atoms with Gasteiger partial charge in [0, 0.05) is 24.5 Å². The molecule has 1 amide bonds. The Kier molecular flexibility index (Phi) is 3.75. The number of halogens is 1. The van der Waals surface area contributed by atoms with E-state index in [2.05, 4.69) is 10.3 Å². The van der Waals surface area contributed by atoms with Gasteiger partial charge in [0.15, 0.2) is 5.43 Å². The highest BCUT2D eigenvalue weighted by Gasteiger charge is 2.09. The van der Waals surface area contributed by atoms with E-state index in [1.54, 1.807) is 19.1 Å². The molecule has 0 atom stereocenters. The van der Waals surface area contributed by atoms with Crippen molar-refractivity contribution in [2.45, 2.75) is 13.5 Å². The van der Waals surface area contributed by atoms with Crippen LogP contribution in [0.15, 0.2) is 41.3 Å². The first-order chi connectivity index (χ1) is 9.06. The van der Waals surface area contributed by atoms with Gasteiger partial charge in [-0.3, -0.25) is 9.59 Å². The van der Waals surface area contributed by atoms with Crippen LogP contribution in [-0.2, 0) is 6.54 Å². The Morgan fingerprint density at radius 2 is 2.16 bits per heavy atom. The second-order valence-electron chi connectivity index (χ2n) is 4.21. The highest BCUT2D eigenvalue weighted by atomic mass is 19.1. The number of aryl methyl sites for hydroxylation is 1. The van der Waals surface area contributed by atoms with Crippen molar-refractivity contribution >= 4 is 5.91 Å². The van der Waals surface area contributed by atoms with Gasteiger partial charge in [0.05, 0.1) is 0 Å². The molecule has 4 nitrogen and oxygen atoms in total. The molecule has 2 aromatic rings. The van der Waals surface area contributed by atoms with E-state index in [1.165, 1.54) is 24.4 Å². The summed E-state index contributed by atoms with van der Waals surface area (Å²) in [7, 11) is 0. The Morgan fingerprint density at radius 1 is 1.37 bits per heavy atom. The first-order valence-electron chi connectivity index (χ1n) is 5.78. The molecule has 0 aliphatic heterocycles. The van der Waals surface area contributed by atoms with Crippen molar-refractivity contribution in [1.82, 2.24) is 10.3 Å². The highest BCUT2D eigenvalue weighted by Crippen LogP contribution is 2.03. The molecule has 2 N–H and O–H groups in total. The number of amides is 1. The minimum absolute atomic E-state index is 0.0435. The highest BCUT2D eigenvalue weighted by molar-refractivity contribution is 5.93. The molecule has 19 heavy (non-hydrogen) atoms. The van der Waals surface area contributed by atoms with Gasteiger partial charge in [0.1, 0.15) is 11.4 Å². The summed E-state index contributed by atoms with van der Waals surface area (Å²) in [5, 5.41) is 2.58. The molecule has 0 aliphatic carbocycles. The van der Waals surface area contributed by atoms with Gasteiger partial charge < -0.3 is 10.3 Å². The summed E-state index contributed by atoms with van der Waals surface area (Å²) in [4.78, 5) is 26.2. The largest absolute Gasteiger partial charge is 0.364 e. The summed E-state index contributed by atoms with van der Waals surface area (Å²) >= 11 is 0. The molecular weight excluding hydrogens is 247 g/mol. The standard InChI is InChI=1S/C14H13FN2O2/c1-9-5-13(18)12(8-16-9)14(19)17-7-10-3-2-4-11(15)6-10/h2-6,8H,7H2,1H3,(H,16,18)(H,17,19). The number of nitrogens with one attached hydrogen (secondary N) is 2. The number of hydrogen-bond acceptors (Lipinski definition) is 2. The fraction of sp³-hybridized carbons (Fsp3) is 0.143. The molecule has 0 bridgehead atoms. The molecular formula is C14H13FN2O2. The third kappa shape index (κ3) is 3.28. The SMILES string of the molecule is Cc1cc(=O)c(C(=O)NCc2cccc(F)c2)c[nH]1. The first-order valence-corrected chi connectivity index (χ1v) is 5.78. The summed E-state index contributed by atoms with van der Waals surface area (Å²) in [5.41, 5.74) is 1.03. The van der Waals surface area contributed by atoms with E-state index in [9.17, 15) is 14.0 Å². The van der Waals surface area contributed by atoms with Crippen LogP contribution in [0.5, 0.6) is 0 Å². The predicted octanol–water partition coefficient (Wildman–Crippen LogP) is 1.75. The zero-order chi connectivity index (χ0) is 13.8. The number of aromatic nitrogens is 1. The summed E-state index contributed by atoms with van der Waals surface area (Å²) in [6.45, 7) is 1.90. The van der Waals surface area contributed by atoms with Gasteiger partial charge in [-0.15, -0.1) is 0 Å². The Balaban J connectivity index is 2.07. The number of benzene rings is 1. The maximum Gasteiger partial charge on any atom is 0.257 e. The van der Waals surface area contributed by atoms with Crippen LogP contribution in [-0.4, -0.2) is 10.9 Å². The lowest BCUT2D eigenvalue weighted by molar-refractivity contribution is 0.0949. The van der Waals surface area contributed by atoms with Gasteiger partial charge in [-0.2, -0.15) is 0 Å². The molecule has 0 unspecified atom stereocenters. The van der Waals surface area contributed by atoms with Gasteiger partial charge in [0.25, 0.3) is 5.91 Å². The molecule has 1 heterocycles. The van der Waals surface area contributed by atoms with Crippen molar-refractivity contribution in [2.75, 3.05) is 0 Å². The number of carbonyl (C=O) groups excluding carboxylic acids is 1. The lowest BCUT2D eigenvalue weighted by atomic mass is 10.2. The van der Waals surface area contributed by atoms with E-state index in [1.807, 2.05) is 0 Å². The van der Waals surface area contributed by atoms with Crippen molar-refractivity contribution in [3.8, 4) is 0 Å². The second kappa shape index (κ2) is 5.48. The topological polar surface area (TPSA) is 62.0 Å². The van der Waals surface area contributed by atoms with Crippen molar-refractivity contribution in [2.24, 2.45) is 0 Å². The monoisotopic (exact) mass is 260 g/mol. The molecule has 2 rings (SSSR count). The van der Waals surface area contributed by atoms with Crippen LogP contribution in [0.4, 0.5) is 4.39 Å². The second-order valence-corrected chi connectivity index (χ2v) is 4.21. The van der Waals surface area contributed by atoms with Crippen LogP contribution in [0.3, 0.4) is 0 Å². The summed E-state index contributed by atoms with van der Waals surface area (Å²) in [6.07, 6.45) is 1.37. The summed E-state index contributed by atoms with van der Waals surface area (Å²) < 4.78 is 13.0. The molecule has 0 radical (unpaired) electrons. The predicted molar refractivity (Wildman–Crippen MR) is 69.4 cm³/mol. The van der Waals surface area contributed by atoms with Crippen LogP contribution in [0.1, 0.15) is 21.6 Å². The van der Waals surface area contributed by atoms with Crippen LogP contribution < -0.4 is 10.7 Å². The van der Waals surface area contributed by atoms with Crippen LogP contribution >= 0.6 is 0 Å². The number of aromatic amines is 1. The lowest BCUT2D eigenvalue weighted by Crippen LogP contribution is -2.28. The van der Waals surface area contributed by atoms with E-state index in [4.69, 9.17) is 0 Å². The molecule has 0 saturated heterocycles. The Labute approximate surface area is 109 Å². The molecule has 1 aromatic heterocycles. The first kappa shape index (κ1) is 13.0. The van der Waals surface area contributed by atoms with Crippen LogP contribution in [0, 0.1) is 12.7 Å². The fourth-order valence-corrected chi connectivity index (χ4v) is 1.68. The molecule has 0 spiro atoms. The molecule has 0 aliphatic rings. The molecule has 98 valence electrons. The van der Waals surface area contributed by atoms with Gasteiger partial charge in [0.2, 0.25) is 0 Å². The summed E-state index contributed by atoms with van der Waals surface area (Å²) in [6, 6.07) is 7.28. The minimum atomic E-state index is -0.481. The van der Waals surface area contributed by atoms with E-state index in [-0.39, 0.29) is 23.4 Å². The quantitative estimate of drug-likeness (QED) is 0.883. The molecule has 5 heteroatoms. The number of hydrogen-bond donors (Lipinski definition) is 2. The average Bonchev–Trinajstić information content (AvgIpc) is 2.36. The Morgan fingerprint density at radius 3 is 2.84 bits per heavy atom. The van der Waals surface area contributed by atoms with Gasteiger partial charge in [-0.25, -0.2) is 4.39 Å². The van der Waals surface area contributed by atoms with E-state index in [0.717, 1.165) is 0 Å². The fourth-order valence-electron chi connectivity index (χ4n) is 1.68. The van der Waals surface area contributed by atoms with E-state index < -0.39 is 5.91 Å². The maximum absolute atomic E-state index is 13.0. The number of H-pyrrole nitrogens is 1. The number of rotatable bonds is 3.